The highest BCUT2D eigenvalue weighted by Gasteiger charge is 2.07. The van der Waals surface area contributed by atoms with Crippen LogP contribution >= 0.6 is 0 Å². The van der Waals surface area contributed by atoms with Gasteiger partial charge in [0.1, 0.15) is 5.82 Å². The van der Waals surface area contributed by atoms with Gasteiger partial charge in [-0.15, -0.1) is 0 Å². The SMILES string of the molecule is Nc1ccc(C(=O)NCc2nc(CCCc3ccccc3)n[nH]2)cc1. The van der Waals surface area contributed by atoms with E-state index in [0.717, 1.165) is 25.1 Å². The molecular formula is C19H21N5O. The fraction of sp³-hybridized carbons (Fsp3) is 0.211. The third-order valence-electron chi connectivity index (χ3n) is 3.88. The minimum atomic E-state index is -0.165. The number of hydrogen-bond acceptors (Lipinski definition) is 4. The Labute approximate surface area is 146 Å². The molecule has 3 aromatic rings. The third-order valence-corrected chi connectivity index (χ3v) is 3.88. The van der Waals surface area contributed by atoms with Gasteiger partial charge in [-0.05, 0) is 42.7 Å². The number of nitrogen functional groups attached to an aromatic ring is 1. The van der Waals surface area contributed by atoms with E-state index in [1.54, 1.807) is 24.3 Å². The number of H-pyrrole nitrogens is 1. The second kappa shape index (κ2) is 8.10. The molecule has 0 spiro atoms. The molecule has 0 radical (unpaired) electrons. The van der Waals surface area contributed by atoms with Gasteiger partial charge in [0.05, 0.1) is 6.54 Å². The predicted molar refractivity (Wildman–Crippen MR) is 96.9 cm³/mol. The number of nitrogens with zero attached hydrogens (tertiary/aromatic N) is 2. The molecule has 6 nitrogen and oxygen atoms in total. The summed E-state index contributed by atoms with van der Waals surface area (Å²) in [7, 11) is 0. The lowest BCUT2D eigenvalue weighted by Gasteiger charge is -2.03. The lowest BCUT2D eigenvalue weighted by atomic mass is 10.1. The Hall–Kier alpha value is -3.15. The average Bonchev–Trinajstić information content (AvgIpc) is 3.09. The Bertz CT molecular complexity index is 811. The number of hydrogen-bond donors (Lipinski definition) is 3. The van der Waals surface area contributed by atoms with Gasteiger partial charge in [-0.1, -0.05) is 30.3 Å². The maximum atomic E-state index is 12.1. The van der Waals surface area contributed by atoms with Gasteiger partial charge in [0, 0.05) is 17.7 Å². The van der Waals surface area contributed by atoms with E-state index in [1.165, 1.54) is 5.56 Å². The number of nitrogens with one attached hydrogen (secondary N) is 2. The van der Waals surface area contributed by atoms with Crippen molar-refractivity contribution >= 4 is 11.6 Å². The highest BCUT2D eigenvalue weighted by Crippen LogP contribution is 2.07. The Morgan fingerprint density at radius 2 is 1.80 bits per heavy atom. The molecule has 3 rings (SSSR count). The van der Waals surface area contributed by atoms with Crippen LogP contribution in [0.2, 0.25) is 0 Å². The second-order valence-electron chi connectivity index (χ2n) is 5.84. The van der Waals surface area contributed by atoms with E-state index in [1.807, 2.05) is 18.2 Å². The molecule has 0 aliphatic heterocycles. The van der Waals surface area contributed by atoms with Crippen molar-refractivity contribution in [1.82, 2.24) is 20.5 Å². The number of aromatic amines is 1. The molecule has 1 heterocycles. The first kappa shape index (κ1) is 16.7. The molecule has 4 N–H and O–H groups in total. The van der Waals surface area contributed by atoms with Crippen LogP contribution in [0.25, 0.3) is 0 Å². The Morgan fingerprint density at radius 1 is 1.04 bits per heavy atom. The van der Waals surface area contributed by atoms with Crippen molar-refractivity contribution in [3.63, 3.8) is 0 Å². The van der Waals surface area contributed by atoms with Gasteiger partial charge in [-0.25, -0.2) is 4.98 Å². The fourth-order valence-electron chi connectivity index (χ4n) is 2.52. The lowest BCUT2D eigenvalue weighted by molar-refractivity contribution is 0.0950. The molecule has 0 aliphatic rings. The van der Waals surface area contributed by atoms with Gasteiger partial charge >= 0.3 is 0 Å². The summed E-state index contributed by atoms with van der Waals surface area (Å²) in [6, 6.07) is 17.1. The zero-order valence-corrected chi connectivity index (χ0v) is 13.9. The number of aryl methyl sites for hydroxylation is 2. The summed E-state index contributed by atoms with van der Waals surface area (Å²) in [5.41, 5.74) is 8.13. The van der Waals surface area contributed by atoms with E-state index in [-0.39, 0.29) is 5.91 Å². The van der Waals surface area contributed by atoms with E-state index < -0.39 is 0 Å². The quantitative estimate of drug-likeness (QED) is 0.578. The van der Waals surface area contributed by atoms with Gasteiger partial charge < -0.3 is 11.1 Å². The topological polar surface area (TPSA) is 96.7 Å². The van der Waals surface area contributed by atoms with Crippen LogP contribution in [0, 0.1) is 0 Å². The smallest absolute Gasteiger partial charge is 0.251 e. The molecule has 0 aliphatic carbocycles. The first-order valence-corrected chi connectivity index (χ1v) is 8.28. The number of amides is 1. The number of aromatic nitrogens is 3. The van der Waals surface area contributed by atoms with Crippen molar-refractivity contribution < 1.29 is 4.79 Å². The standard InChI is InChI=1S/C19H21N5O/c20-16-11-9-15(10-12-16)19(25)21-13-18-22-17(23-24-18)8-4-7-14-5-2-1-3-6-14/h1-3,5-6,9-12H,4,7-8,13,20H2,(H,21,25)(H,22,23,24). The van der Waals surface area contributed by atoms with E-state index in [9.17, 15) is 4.79 Å². The highest BCUT2D eigenvalue weighted by atomic mass is 16.1. The van der Waals surface area contributed by atoms with Gasteiger partial charge in [0.25, 0.3) is 5.91 Å². The summed E-state index contributed by atoms with van der Waals surface area (Å²) >= 11 is 0. The zero-order valence-electron chi connectivity index (χ0n) is 13.9. The van der Waals surface area contributed by atoms with Crippen molar-refractivity contribution in [2.24, 2.45) is 0 Å². The van der Waals surface area contributed by atoms with Crippen LogP contribution in [-0.2, 0) is 19.4 Å². The predicted octanol–water partition coefficient (Wildman–Crippen LogP) is 2.49. The maximum absolute atomic E-state index is 12.1. The normalized spacial score (nSPS) is 10.6. The van der Waals surface area contributed by atoms with E-state index in [2.05, 4.69) is 32.6 Å². The van der Waals surface area contributed by atoms with Crippen molar-refractivity contribution in [3.05, 3.63) is 77.4 Å². The summed E-state index contributed by atoms with van der Waals surface area (Å²) in [6.07, 6.45) is 2.79. The Kier molecular flexibility index (Phi) is 5.41. The van der Waals surface area contributed by atoms with Crippen LogP contribution in [0.5, 0.6) is 0 Å². The molecule has 0 unspecified atom stereocenters. The Balaban J connectivity index is 1.45. The monoisotopic (exact) mass is 335 g/mol. The zero-order chi connectivity index (χ0) is 17.5. The maximum Gasteiger partial charge on any atom is 0.251 e. The summed E-state index contributed by atoms with van der Waals surface area (Å²) < 4.78 is 0. The molecule has 2 aromatic carbocycles. The largest absolute Gasteiger partial charge is 0.399 e. The van der Waals surface area contributed by atoms with Gasteiger partial charge in [0.2, 0.25) is 0 Å². The number of nitrogens with two attached hydrogens (primary N) is 1. The number of carbonyl (C=O) groups excluding carboxylic acids is 1. The number of benzene rings is 2. The second-order valence-corrected chi connectivity index (χ2v) is 5.84. The molecule has 0 atom stereocenters. The minimum absolute atomic E-state index is 0.165. The van der Waals surface area contributed by atoms with Crippen LogP contribution in [0.15, 0.2) is 54.6 Å². The number of anilines is 1. The van der Waals surface area contributed by atoms with Crippen molar-refractivity contribution in [3.8, 4) is 0 Å². The van der Waals surface area contributed by atoms with Crippen molar-refractivity contribution in [1.29, 1.82) is 0 Å². The van der Waals surface area contributed by atoms with E-state index >= 15 is 0 Å². The average molecular weight is 335 g/mol. The fourth-order valence-corrected chi connectivity index (χ4v) is 2.52. The summed E-state index contributed by atoms with van der Waals surface area (Å²) in [5.74, 6) is 1.26. The highest BCUT2D eigenvalue weighted by molar-refractivity contribution is 5.94. The summed E-state index contributed by atoms with van der Waals surface area (Å²) in [4.78, 5) is 16.5. The molecule has 128 valence electrons. The van der Waals surface area contributed by atoms with Crippen LogP contribution in [0.4, 0.5) is 5.69 Å². The molecule has 0 bridgehead atoms. The van der Waals surface area contributed by atoms with E-state index in [0.29, 0.717) is 23.6 Å². The van der Waals surface area contributed by atoms with Gasteiger partial charge in [-0.3, -0.25) is 9.89 Å². The molecule has 1 aromatic heterocycles. The van der Waals surface area contributed by atoms with Crippen LogP contribution < -0.4 is 11.1 Å². The van der Waals surface area contributed by atoms with Crippen molar-refractivity contribution in [2.75, 3.05) is 5.73 Å². The van der Waals surface area contributed by atoms with Crippen molar-refractivity contribution in [2.45, 2.75) is 25.8 Å². The third kappa shape index (κ3) is 4.91. The summed E-state index contributed by atoms with van der Waals surface area (Å²) in [5, 5.41) is 9.90. The van der Waals surface area contributed by atoms with Crippen LogP contribution in [-0.4, -0.2) is 21.1 Å². The molecule has 1 amide bonds. The molecule has 0 saturated heterocycles. The first-order valence-electron chi connectivity index (χ1n) is 8.28. The van der Waals surface area contributed by atoms with Crippen LogP contribution in [0.1, 0.15) is 34.0 Å². The van der Waals surface area contributed by atoms with Gasteiger partial charge in [-0.2, -0.15) is 5.10 Å². The van der Waals surface area contributed by atoms with Crippen LogP contribution in [0.3, 0.4) is 0 Å². The van der Waals surface area contributed by atoms with E-state index in [4.69, 9.17) is 5.73 Å². The minimum Gasteiger partial charge on any atom is -0.399 e. The number of carbonyl (C=O) groups is 1. The molecule has 0 fully saturated rings. The number of rotatable bonds is 7. The summed E-state index contributed by atoms with van der Waals surface area (Å²) in [6.45, 7) is 0.314. The lowest BCUT2D eigenvalue weighted by Crippen LogP contribution is -2.23. The molecule has 25 heavy (non-hydrogen) atoms. The Morgan fingerprint density at radius 3 is 2.56 bits per heavy atom. The molecular weight excluding hydrogens is 314 g/mol. The molecule has 0 saturated carbocycles. The first-order chi connectivity index (χ1) is 12.2. The van der Waals surface area contributed by atoms with Gasteiger partial charge in [0.15, 0.2) is 5.82 Å². The molecule has 6 heteroatoms.